The molecule has 1 aliphatic heterocycles. The van der Waals surface area contributed by atoms with Crippen molar-refractivity contribution in [2.24, 2.45) is 7.05 Å². The average Bonchev–Trinajstić information content (AvgIpc) is 3.43. The summed E-state index contributed by atoms with van der Waals surface area (Å²) in [5, 5.41) is 9.81. The zero-order valence-corrected chi connectivity index (χ0v) is 26.1. The highest BCUT2D eigenvalue weighted by Crippen LogP contribution is 2.30. The van der Waals surface area contributed by atoms with Crippen molar-refractivity contribution < 1.29 is 27.5 Å². The van der Waals surface area contributed by atoms with Crippen molar-refractivity contribution in [3.63, 3.8) is 0 Å². The lowest BCUT2D eigenvalue weighted by atomic mass is 10.1. The number of piperazine rings is 1. The Morgan fingerprint density at radius 3 is 2.23 bits per heavy atom. The van der Waals surface area contributed by atoms with Crippen LogP contribution in [0.2, 0.25) is 0 Å². The van der Waals surface area contributed by atoms with E-state index < -0.39 is 17.6 Å². The molecule has 0 radical (unpaired) electrons. The summed E-state index contributed by atoms with van der Waals surface area (Å²) >= 11 is 0. The molecular formula is C35H30F3N7O3. The SMILES string of the molecule is CN(C(=O)c1ccc(C(F)(F)F)cc1)c1cnc(Oc2ccc3c(c2)cc(C(=O)N2CCN(Cc4ccc(C#N)cc4)CC2)n3C)nc1. The van der Waals surface area contributed by atoms with Gasteiger partial charge in [0.2, 0.25) is 0 Å². The molecule has 0 spiro atoms. The molecule has 0 saturated carbocycles. The van der Waals surface area contributed by atoms with Crippen molar-refractivity contribution in [2.75, 3.05) is 38.1 Å². The fourth-order valence-electron chi connectivity index (χ4n) is 5.56. The van der Waals surface area contributed by atoms with Crippen molar-refractivity contribution >= 4 is 28.4 Å². The Morgan fingerprint density at radius 2 is 1.60 bits per heavy atom. The maximum atomic E-state index is 13.5. The first kappa shape index (κ1) is 32.2. The lowest BCUT2D eigenvalue weighted by Crippen LogP contribution is -2.48. The molecule has 1 aliphatic rings. The van der Waals surface area contributed by atoms with Gasteiger partial charge in [-0.05, 0) is 66.2 Å². The Hall–Kier alpha value is -5.74. The zero-order chi connectivity index (χ0) is 34.0. The summed E-state index contributed by atoms with van der Waals surface area (Å²) in [7, 11) is 3.32. The summed E-state index contributed by atoms with van der Waals surface area (Å²) < 4.78 is 46.3. The predicted octanol–water partition coefficient (Wildman–Crippen LogP) is 5.89. The first-order chi connectivity index (χ1) is 23.0. The normalized spacial score (nSPS) is 13.7. The Morgan fingerprint density at radius 1 is 0.938 bits per heavy atom. The van der Waals surface area contributed by atoms with Gasteiger partial charge in [-0.3, -0.25) is 14.5 Å². The van der Waals surface area contributed by atoms with Gasteiger partial charge in [-0.2, -0.15) is 18.4 Å². The second-order valence-corrected chi connectivity index (χ2v) is 11.5. The van der Waals surface area contributed by atoms with Crippen LogP contribution in [-0.4, -0.2) is 69.4 Å². The number of rotatable bonds is 7. The van der Waals surface area contributed by atoms with Crippen molar-refractivity contribution in [2.45, 2.75) is 12.7 Å². The van der Waals surface area contributed by atoms with Crippen LogP contribution in [0.4, 0.5) is 18.9 Å². The number of benzene rings is 3. The molecule has 5 aromatic rings. The second kappa shape index (κ2) is 13.2. The highest BCUT2D eigenvalue weighted by molar-refractivity contribution is 6.05. The van der Waals surface area contributed by atoms with Gasteiger partial charge in [0, 0.05) is 63.3 Å². The van der Waals surface area contributed by atoms with Crippen LogP contribution >= 0.6 is 0 Å². The minimum absolute atomic E-state index is 0.0274. The number of aryl methyl sites for hydroxylation is 1. The number of alkyl halides is 3. The van der Waals surface area contributed by atoms with Crippen LogP contribution in [0.25, 0.3) is 10.9 Å². The monoisotopic (exact) mass is 653 g/mol. The van der Waals surface area contributed by atoms with Crippen molar-refractivity contribution in [3.05, 3.63) is 113 Å². The quantitative estimate of drug-likeness (QED) is 0.216. The van der Waals surface area contributed by atoms with Gasteiger partial charge >= 0.3 is 12.2 Å². The highest BCUT2D eigenvalue weighted by Gasteiger charge is 2.30. The van der Waals surface area contributed by atoms with Crippen molar-refractivity contribution in [3.8, 4) is 17.8 Å². The molecule has 13 heteroatoms. The van der Waals surface area contributed by atoms with Crippen LogP contribution in [0.5, 0.6) is 11.8 Å². The molecule has 2 amide bonds. The molecule has 1 saturated heterocycles. The summed E-state index contributed by atoms with van der Waals surface area (Å²) in [6.45, 7) is 3.44. The van der Waals surface area contributed by atoms with Crippen LogP contribution in [0.15, 0.2) is 85.2 Å². The Labute approximate surface area is 274 Å². The minimum Gasteiger partial charge on any atom is -0.424 e. The second-order valence-electron chi connectivity index (χ2n) is 11.5. The molecule has 0 atom stereocenters. The number of carbonyl (C=O) groups excluding carboxylic acids is 2. The van der Waals surface area contributed by atoms with E-state index in [1.54, 1.807) is 12.1 Å². The molecule has 0 unspecified atom stereocenters. The number of amides is 2. The van der Waals surface area contributed by atoms with E-state index in [0.717, 1.165) is 60.4 Å². The maximum Gasteiger partial charge on any atom is 0.416 e. The Balaban J connectivity index is 1.07. The number of anilines is 1. The lowest BCUT2D eigenvalue weighted by molar-refractivity contribution is -0.137. The summed E-state index contributed by atoms with van der Waals surface area (Å²) in [5.41, 5.74) is 2.74. The molecule has 0 aliphatic carbocycles. The molecule has 3 heterocycles. The van der Waals surface area contributed by atoms with Crippen LogP contribution in [-0.2, 0) is 19.8 Å². The number of carbonyl (C=O) groups is 2. The number of nitriles is 1. The molecule has 3 aromatic carbocycles. The maximum absolute atomic E-state index is 13.5. The number of halogens is 3. The van der Waals surface area contributed by atoms with Gasteiger partial charge in [-0.15, -0.1) is 0 Å². The van der Waals surface area contributed by atoms with Gasteiger partial charge < -0.3 is 19.1 Å². The fraction of sp³-hybridized carbons (Fsp3) is 0.229. The van der Waals surface area contributed by atoms with E-state index in [1.165, 1.54) is 24.3 Å². The van der Waals surface area contributed by atoms with Gasteiger partial charge in [-0.25, -0.2) is 9.97 Å². The minimum atomic E-state index is -4.49. The van der Waals surface area contributed by atoms with Gasteiger partial charge in [0.1, 0.15) is 11.4 Å². The van der Waals surface area contributed by atoms with Gasteiger partial charge in [0.15, 0.2) is 0 Å². The first-order valence-corrected chi connectivity index (χ1v) is 15.1. The van der Waals surface area contributed by atoms with Crippen LogP contribution in [0.1, 0.15) is 37.5 Å². The molecule has 0 N–H and O–H groups in total. The van der Waals surface area contributed by atoms with E-state index in [4.69, 9.17) is 10.00 Å². The van der Waals surface area contributed by atoms with E-state index in [-0.39, 0.29) is 17.5 Å². The fourth-order valence-corrected chi connectivity index (χ4v) is 5.56. The lowest BCUT2D eigenvalue weighted by Gasteiger charge is -2.34. The predicted molar refractivity (Wildman–Crippen MR) is 172 cm³/mol. The number of nitrogens with zero attached hydrogens (tertiary/aromatic N) is 7. The third-order valence-corrected chi connectivity index (χ3v) is 8.36. The molecule has 244 valence electrons. The van der Waals surface area contributed by atoms with Crippen molar-refractivity contribution in [1.82, 2.24) is 24.3 Å². The molecule has 10 nitrogen and oxygen atoms in total. The van der Waals surface area contributed by atoms with E-state index in [1.807, 2.05) is 52.9 Å². The number of fused-ring (bicyclic) bond motifs is 1. The molecule has 0 bridgehead atoms. The van der Waals surface area contributed by atoms with Crippen LogP contribution < -0.4 is 9.64 Å². The smallest absolute Gasteiger partial charge is 0.416 e. The van der Waals surface area contributed by atoms with E-state index in [0.29, 0.717) is 35.8 Å². The number of ether oxygens (including phenoxy) is 1. The summed E-state index contributed by atoms with van der Waals surface area (Å²) in [4.78, 5) is 40.1. The molecule has 6 rings (SSSR count). The third kappa shape index (κ3) is 6.84. The Bertz CT molecular complexity index is 1990. The van der Waals surface area contributed by atoms with Gasteiger partial charge in [0.25, 0.3) is 11.8 Å². The summed E-state index contributed by atoms with van der Waals surface area (Å²) in [6.07, 6.45) is -1.73. The summed E-state index contributed by atoms with van der Waals surface area (Å²) in [5.74, 6) is -0.126. The topological polar surface area (TPSA) is 108 Å². The first-order valence-electron chi connectivity index (χ1n) is 15.1. The molecule has 2 aromatic heterocycles. The van der Waals surface area contributed by atoms with E-state index >= 15 is 0 Å². The summed E-state index contributed by atoms with van der Waals surface area (Å²) in [6, 6.07) is 20.9. The molecule has 1 fully saturated rings. The van der Waals surface area contributed by atoms with Gasteiger partial charge in [0.05, 0.1) is 35.3 Å². The zero-order valence-electron chi connectivity index (χ0n) is 26.1. The largest absolute Gasteiger partial charge is 0.424 e. The van der Waals surface area contributed by atoms with Crippen LogP contribution in [0.3, 0.4) is 0 Å². The van der Waals surface area contributed by atoms with E-state index in [9.17, 15) is 22.8 Å². The third-order valence-electron chi connectivity index (χ3n) is 8.36. The van der Waals surface area contributed by atoms with Crippen molar-refractivity contribution in [1.29, 1.82) is 5.26 Å². The number of aromatic nitrogens is 3. The standard InChI is InChI=1S/C35H30F3N7O3/c1-42(32(46)25-7-9-27(10-8-25)35(36,37)38)28-20-40-34(41-21-28)48-29-11-12-30-26(17-29)18-31(43(30)2)33(47)45-15-13-44(14-16-45)22-24-5-3-23(19-39)4-6-24/h3-12,17-18,20-21H,13-16,22H2,1-2H3. The molecular weight excluding hydrogens is 623 g/mol. The van der Waals surface area contributed by atoms with Gasteiger partial charge in [-0.1, -0.05) is 12.1 Å². The Kier molecular flexibility index (Phi) is 8.84. The highest BCUT2D eigenvalue weighted by atomic mass is 19.4. The van der Waals surface area contributed by atoms with E-state index in [2.05, 4.69) is 20.9 Å². The van der Waals surface area contributed by atoms with Crippen LogP contribution in [0, 0.1) is 11.3 Å². The number of hydrogen-bond donors (Lipinski definition) is 0. The average molecular weight is 654 g/mol. The number of hydrogen-bond acceptors (Lipinski definition) is 7. The molecule has 48 heavy (non-hydrogen) atoms.